The molecule has 0 aromatic heterocycles. The summed E-state index contributed by atoms with van der Waals surface area (Å²) in [6.07, 6.45) is 0. The topological polar surface area (TPSA) is 44.3 Å². The summed E-state index contributed by atoms with van der Waals surface area (Å²) in [5, 5.41) is 12.6. The number of rotatable bonds is 3. The van der Waals surface area contributed by atoms with Crippen LogP contribution in [0.4, 0.5) is 17.1 Å². The van der Waals surface area contributed by atoms with Crippen LogP contribution in [0.5, 0.6) is 0 Å². The Morgan fingerprint density at radius 2 is 1.69 bits per heavy atom. The minimum Gasteiger partial charge on any atom is -0.354 e. The van der Waals surface area contributed by atoms with E-state index >= 15 is 0 Å². The van der Waals surface area contributed by atoms with E-state index in [9.17, 15) is 0 Å². The third-order valence-electron chi connectivity index (χ3n) is 2.18. The van der Waals surface area contributed by atoms with Gasteiger partial charge < -0.3 is 5.32 Å². The first-order valence-electron chi connectivity index (χ1n) is 4.82. The zero-order valence-corrected chi connectivity index (χ0v) is 9.20. The van der Waals surface area contributed by atoms with Gasteiger partial charge in [-0.05, 0) is 24.3 Å². The van der Waals surface area contributed by atoms with Crippen LogP contribution in [0.2, 0.25) is 5.02 Å². The van der Waals surface area contributed by atoms with Crippen molar-refractivity contribution in [2.45, 2.75) is 0 Å². The Labute approximate surface area is 98.6 Å². The van der Waals surface area contributed by atoms with Crippen molar-refractivity contribution >= 4 is 28.7 Å². The Hall–Kier alpha value is -1.71. The highest BCUT2D eigenvalue weighted by Gasteiger charge is 2.05. The average Bonchev–Trinajstić information content (AvgIpc) is 2.31. The molecule has 0 spiro atoms. The molecule has 16 heavy (non-hydrogen) atoms. The minimum absolute atomic E-state index is 0.462. The van der Waals surface area contributed by atoms with E-state index in [-0.39, 0.29) is 0 Å². The van der Waals surface area contributed by atoms with Gasteiger partial charge in [0.2, 0.25) is 0 Å². The SMILES string of the molecule is ONc1c(Cl)cccc1Nc1ccccc1. The largest absolute Gasteiger partial charge is 0.354 e. The number of halogens is 1. The zero-order valence-electron chi connectivity index (χ0n) is 8.44. The summed E-state index contributed by atoms with van der Waals surface area (Å²) in [6.45, 7) is 0. The first-order valence-corrected chi connectivity index (χ1v) is 5.20. The van der Waals surface area contributed by atoms with E-state index in [0.717, 1.165) is 11.4 Å². The molecule has 3 nitrogen and oxygen atoms in total. The van der Waals surface area contributed by atoms with Gasteiger partial charge in [-0.25, -0.2) is 0 Å². The highest BCUT2D eigenvalue weighted by atomic mass is 35.5. The zero-order chi connectivity index (χ0) is 11.4. The molecule has 0 amide bonds. The van der Waals surface area contributed by atoms with Crippen LogP contribution in [-0.2, 0) is 0 Å². The average molecular weight is 235 g/mol. The van der Waals surface area contributed by atoms with Gasteiger partial charge in [-0.2, -0.15) is 0 Å². The van der Waals surface area contributed by atoms with E-state index in [4.69, 9.17) is 16.8 Å². The number of nitrogens with one attached hydrogen (secondary N) is 2. The van der Waals surface area contributed by atoms with Gasteiger partial charge in [0.15, 0.2) is 0 Å². The van der Waals surface area contributed by atoms with Gasteiger partial charge in [-0.1, -0.05) is 35.9 Å². The number of benzene rings is 2. The van der Waals surface area contributed by atoms with Crippen molar-refractivity contribution in [2.24, 2.45) is 0 Å². The van der Waals surface area contributed by atoms with Gasteiger partial charge in [-0.3, -0.25) is 10.7 Å². The molecule has 0 radical (unpaired) electrons. The fourth-order valence-corrected chi connectivity index (χ4v) is 1.64. The van der Waals surface area contributed by atoms with Gasteiger partial charge in [0.25, 0.3) is 0 Å². The fourth-order valence-electron chi connectivity index (χ4n) is 1.42. The highest BCUT2D eigenvalue weighted by molar-refractivity contribution is 6.33. The Morgan fingerprint density at radius 3 is 2.38 bits per heavy atom. The van der Waals surface area contributed by atoms with Crippen LogP contribution in [0.3, 0.4) is 0 Å². The predicted molar refractivity (Wildman–Crippen MR) is 66.6 cm³/mol. The van der Waals surface area contributed by atoms with Crippen LogP contribution in [-0.4, -0.2) is 5.21 Å². The van der Waals surface area contributed by atoms with Crippen LogP contribution >= 0.6 is 11.6 Å². The van der Waals surface area contributed by atoms with Gasteiger partial charge in [0.1, 0.15) is 5.69 Å². The van der Waals surface area contributed by atoms with Crippen molar-refractivity contribution in [3.05, 3.63) is 53.6 Å². The first-order chi connectivity index (χ1) is 7.81. The molecule has 0 aliphatic carbocycles. The van der Waals surface area contributed by atoms with Crippen LogP contribution < -0.4 is 10.8 Å². The molecule has 82 valence electrons. The lowest BCUT2D eigenvalue weighted by molar-refractivity contribution is 0.389. The van der Waals surface area contributed by atoms with Gasteiger partial charge >= 0.3 is 0 Å². The molecule has 0 aliphatic rings. The normalized spacial score (nSPS) is 9.88. The van der Waals surface area contributed by atoms with Crippen molar-refractivity contribution in [1.82, 2.24) is 0 Å². The second-order valence-electron chi connectivity index (χ2n) is 3.27. The van der Waals surface area contributed by atoms with E-state index in [1.165, 1.54) is 0 Å². The van der Waals surface area contributed by atoms with Crippen molar-refractivity contribution in [3.8, 4) is 0 Å². The van der Waals surface area contributed by atoms with E-state index in [0.29, 0.717) is 10.7 Å². The number of hydrogen-bond donors (Lipinski definition) is 3. The quantitative estimate of drug-likeness (QED) is 0.706. The Balaban J connectivity index is 2.31. The summed E-state index contributed by atoms with van der Waals surface area (Å²) in [5.41, 5.74) is 4.21. The molecule has 2 aromatic rings. The van der Waals surface area contributed by atoms with Crippen molar-refractivity contribution in [1.29, 1.82) is 0 Å². The minimum atomic E-state index is 0.462. The summed E-state index contributed by atoms with van der Waals surface area (Å²) in [7, 11) is 0. The maximum atomic E-state index is 9.00. The summed E-state index contributed by atoms with van der Waals surface area (Å²) in [6, 6.07) is 15.0. The smallest absolute Gasteiger partial charge is 0.102 e. The lowest BCUT2D eigenvalue weighted by Crippen LogP contribution is -1.97. The third kappa shape index (κ3) is 2.27. The van der Waals surface area contributed by atoms with Gasteiger partial charge in [-0.15, -0.1) is 0 Å². The van der Waals surface area contributed by atoms with Crippen LogP contribution in [0.15, 0.2) is 48.5 Å². The number of anilines is 3. The summed E-state index contributed by atoms with van der Waals surface area (Å²) in [5.74, 6) is 0. The summed E-state index contributed by atoms with van der Waals surface area (Å²) in [4.78, 5) is 0. The molecule has 3 N–H and O–H groups in total. The molecule has 0 saturated heterocycles. The predicted octanol–water partition coefficient (Wildman–Crippen LogP) is 3.88. The number of hydrogen-bond acceptors (Lipinski definition) is 3. The first kappa shape index (κ1) is 10.8. The van der Waals surface area contributed by atoms with Crippen molar-refractivity contribution in [2.75, 3.05) is 10.8 Å². The third-order valence-corrected chi connectivity index (χ3v) is 2.49. The Bertz CT molecular complexity index is 474. The molecule has 0 heterocycles. The lowest BCUT2D eigenvalue weighted by atomic mass is 10.2. The molecule has 4 heteroatoms. The molecular formula is C12H11ClN2O. The molecule has 0 atom stereocenters. The van der Waals surface area contributed by atoms with E-state index in [1.54, 1.807) is 6.07 Å². The second kappa shape index (κ2) is 4.88. The summed E-state index contributed by atoms with van der Waals surface area (Å²) < 4.78 is 0. The molecule has 0 fully saturated rings. The summed E-state index contributed by atoms with van der Waals surface area (Å²) >= 11 is 5.93. The fraction of sp³-hybridized carbons (Fsp3) is 0. The second-order valence-corrected chi connectivity index (χ2v) is 3.67. The maximum absolute atomic E-state index is 9.00. The van der Waals surface area contributed by atoms with Gasteiger partial charge in [0, 0.05) is 5.69 Å². The van der Waals surface area contributed by atoms with Crippen LogP contribution in [0.25, 0.3) is 0 Å². The van der Waals surface area contributed by atoms with E-state index in [2.05, 4.69) is 10.8 Å². The molecule has 2 aromatic carbocycles. The standard InChI is InChI=1S/C12H11ClN2O/c13-10-7-4-8-11(12(10)15-16)14-9-5-2-1-3-6-9/h1-8,14-16H. The number of para-hydroxylation sites is 2. The van der Waals surface area contributed by atoms with Crippen LogP contribution in [0, 0.1) is 0 Å². The van der Waals surface area contributed by atoms with E-state index < -0.39 is 0 Å². The Morgan fingerprint density at radius 1 is 0.938 bits per heavy atom. The van der Waals surface area contributed by atoms with Crippen LogP contribution in [0.1, 0.15) is 0 Å². The Kier molecular flexibility index (Phi) is 3.29. The maximum Gasteiger partial charge on any atom is 0.102 e. The molecule has 0 bridgehead atoms. The van der Waals surface area contributed by atoms with Crippen molar-refractivity contribution in [3.63, 3.8) is 0 Å². The molecule has 2 rings (SSSR count). The molecule has 0 unspecified atom stereocenters. The van der Waals surface area contributed by atoms with Crippen molar-refractivity contribution < 1.29 is 5.21 Å². The monoisotopic (exact) mass is 234 g/mol. The lowest BCUT2D eigenvalue weighted by Gasteiger charge is -2.12. The molecular weight excluding hydrogens is 224 g/mol. The molecule has 0 saturated carbocycles. The van der Waals surface area contributed by atoms with E-state index in [1.807, 2.05) is 42.5 Å². The van der Waals surface area contributed by atoms with Gasteiger partial charge in [0.05, 0.1) is 10.7 Å². The highest BCUT2D eigenvalue weighted by Crippen LogP contribution is 2.31. The molecule has 0 aliphatic heterocycles.